The summed E-state index contributed by atoms with van der Waals surface area (Å²) in [4.78, 5) is 25.4. The van der Waals surface area contributed by atoms with E-state index >= 15 is 0 Å². The summed E-state index contributed by atoms with van der Waals surface area (Å²) in [6.07, 6.45) is -0.959. The minimum absolute atomic E-state index is 0.0166. The lowest BCUT2D eigenvalue weighted by molar-refractivity contribution is 0.0856. The largest absolute Gasteiger partial charge is 0.507 e. The Balaban J connectivity index is 1.77. The van der Waals surface area contributed by atoms with Gasteiger partial charge in [0.25, 0.3) is 0 Å². The van der Waals surface area contributed by atoms with Crippen molar-refractivity contribution in [2.45, 2.75) is 38.9 Å². The summed E-state index contributed by atoms with van der Waals surface area (Å²) in [5.74, 6) is -3.94. The zero-order valence-electron chi connectivity index (χ0n) is 20.2. The zero-order valence-corrected chi connectivity index (χ0v) is 20.2. The molecular weight excluding hydrogens is 496 g/mol. The molecule has 4 aromatic rings. The van der Waals surface area contributed by atoms with Gasteiger partial charge in [0.05, 0.1) is 10.8 Å². The fraction of sp³-hybridized carbons (Fsp3) is 0.214. The highest BCUT2D eigenvalue weighted by molar-refractivity contribution is 6.19. The number of hydrogen-bond acceptors (Lipinski definition) is 10. The molecule has 194 valence electrons. The van der Waals surface area contributed by atoms with Crippen LogP contribution < -0.4 is 9.47 Å². The molecule has 2 aliphatic heterocycles. The number of phenols is 6. The van der Waals surface area contributed by atoms with Crippen LogP contribution in [0.2, 0.25) is 0 Å². The molecule has 0 fully saturated rings. The quantitative estimate of drug-likeness (QED) is 0.209. The molecule has 6 rings (SSSR count). The summed E-state index contributed by atoms with van der Waals surface area (Å²) in [7, 11) is 0. The van der Waals surface area contributed by atoms with E-state index in [0.29, 0.717) is 0 Å². The average molecular weight is 518 g/mol. The van der Waals surface area contributed by atoms with Crippen molar-refractivity contribution in [2.24, 2.45) is 0 Å². The first-order valence-electron chi connectivity index (χ1n) is 11.9. The molecule has 38 heavy (non-hydrogen) atoms. The maximum Gasteiger partial charge on any atom is 0.174 e. The van der Waals surface area contributed by atoms with Crippen LogP contribution in [-0.2, 0) is 0 Å². The van der Waals surface area contributed by atoms with Crippen molar-refractivity contribution in [2.75, 3.05) is 0 Å². The predicted octanol–water partition coefficient (Wildman–Crippen LogP) is 4.60. The molecule has 0 saturated carbocycles. The van der Waals surface area contributed by atoms with Crippen molar-refractivity contribution >= 4 is 33.1 Å². The van der Waals surface area contributed by atoms with Crippen molar-refractivity contribution in [3.63, 3.8) is 0 Å². The summed E-state index contributed by atoms with van der Waals surface area (Å²) in [5, 5.41) is 65.1. The topological polar surface area (TPSA) is 174 Å². The first-order valence-corrected chi connectivity index (χ1v) is 11.9. The lowest BCUT2D eigenvalue weighted by atomic mass is 9.87. The monoisotopic (exact) mass is 518 g/mol. The molecule has 0 amide bonds. The normalized spacial score (nSPS) is 18.7. The van der Waals surface area contributed by atoms with Crippen LogP contribution in [0.15, 0.2) is 24.3 Å². The highest BCUT2D eigenvalue weighted by atomic mass is 16.5. The van der Waals surface area contributed by atoms with Gasteiger partial charge in [0.2, 0.25) is 0 Å². The third-order valence-corrected chi connectivity index (χ3v) is 7.05. The molecule has 0 unspecified atom stereocenters. The SMILES string of the molecule is C[C@@H]1CC(=O)c2c(cc3c(-c4c(O)cc(O)c5c(O)c6c(cc45)O[C@H](C)CC6=O)c(O)cc(O)c3c2O)O1. The lowest BCUT2D eigenvalue weighted by Crippen LogP contribution is -2.24. The standard InChI is InChI=1S/C28H22O10/c1-9-3-13(29)25-19(37-9)5-11-21(15(31)7-17(33)23(11)27(25)35)22-12-6-20-26(14(30)4-10(2)38-20)28(36)24(12)18(34)8-16(22)32/h5-10,31-36H,3-4H2,1-2H3/t9-,10-/m1/s1. The van der Waals surface area contributed by atoms with Gasteiger partial charge in [-0.1, -0.05) is 0 Å². The molecule has 4 aromatic carbocycles. The van der Waals surface area contributed by atoms with Gasteiger partial charge >= 0.3 is 0 Å². The number of phenolic OH excluding ortho intramolecular Hbond substituents is 6. The first kappa shape index (κ1) is 23.5. The van der Waals surface area contributed by atoms with Crippen molar-refractivity contribution in [3.05, 3.63) is 35.4 Å². The minimum Gasteiger partial charge on any atom is -0.507 e. The molecule has 0 spiro atoms. The van der Waals surface area contributed by atoms with E-state index in [2.05, 4.69) is 0 Å². The Kier molecular flexibility index (Phi) is 4.84. The van der Waals surface area contributed by atoms with E-state index < -0.39 is 58.3 Å². The Bertz CT molecular complexity index is 1620. The number of benzene rings is 4. The van der Waals surface area contributed by atoms with Gasteiger partial charge in [0.15, 0.2) is 11.6 Å². The number of rotatable bonds is 1. The molecule has 0 saturated heterocycles. The smallest absolute Gasteiger partial charge is 0.174 e. The van der Waals surface area contributed by atoms with Gasteiger partial charge in [-0.3, -0.25) is 9.59 Å². The molecule has 0 bridgehead atoms. The molecule has 2 heterocycles. The average Bonchev–Trinajstić information content (AvgIpc) is 2.79. The van der Waals surface area contributed by atoms with E-state index in [1.54, 1.807) is 13.8 Å². The molecule has 2 atom stereocenters. The summed E-state index contributed by atoms with van der Waals surface area (Å²) < 4.78 is 11.5. The van der Waals surface area contributed by atoms with E-state index in [0.717, 1.165) is 12.1 Å². The van der Waals surface area contributed by atoms with Crippen molar-refractivity contribution in [1.82, 2.24) is 0 Å². The van der Waals surface area contributed by atoms with Gasteiger partial charge in [-0.2, -0.15) is 0 Å². The number of Topliss-reactive ketones (excluding diaryl/α,β-unsaturated/α-hetero) is 2. The van der Waals surface area contributed by atoms with Gasteiger partial charge in [0.1, 0.15) is 69.3 Å². The first-order chi connectivity index (χ1) is 18.0. The van der Waals surface area contributed by atoms with E-state index in [-0.39, 0.29) is 68.1 Å². The van der Waals surface area contributed by atoms with Gasteiger partial charge in [0, 0.05) is 46.9 Å². The number of carbonyl (C=O) groups is 2. The fourth-order valence-electron chi connectivity index (χ4n) is 5.52. The number of ether oxygens (including phenoxy) is 2. The van der Waals surface area contributed by atoms with Gasteiger partial charge in [-0.05, 0) is 26.0 Å². The Morgan fingerprint density at radius 3 is 1.32 bits per heavy atom. The summed E-state index contributed by atoms with van der Waals surface area (Å²) in [5.41, 5.74) is -0.422. The molecule has 0 radical (unpaired) electrons. The zero-order chi connectivity index (χ0) is 27.2. The summed E-state index contributed by atoms with van der Waals surface area (Å²) >= 11 is 0. The van der Waals surface area contributed by atoms with Crippen molar-refractivity contribution in [3.8, 4) is 57.1 Å². The molecule has 0 aromatic heterocycles. The van der Waals surface area contributed by atoms with Crippen LogP contribution >= 0.6 is 0 Å². The highest BCUT2D eigenvalue weighted by Crippen LogP contribution is 2.55. The number of aromatic hydroxyl groups is 6. The van der Waals surface area contributed by atoms with Crippen LogP contribution in [0.3, 0.4) is 0 Å². The fourth-order valence-corrected chi connectivity index (χ4v) is 5.52. The molecule has 10 nitrogen and oxygen atoms in total. The number of carbonyl (C=O) groups excluding carboxylic acids is 2. The van der Waals surface area contributed by atoms with E-state index in [9.17, 15) is 40.2 Å². The van der Waals surface area contributed by atoms with Crippen molar-refractivity contribution < 1.29 is 49.7 Å². The van der Waals surface area contributed by atoms with Crippen LogP contribution in [0.1, 0.15) is 47.4 Å². The Hall–Kier alpha value is -4.86. The second-order valence-electron chi connectivity index (χ2n) is 9.73. The number of hydrogen-bond donors (Lipinski definition) is 6. The molecular formula is C28H22O10. The number of fused-ring (bicyclic) bond motifs is 4. The maximum atomic E-state index is 12.7. The Morgan fingerprint density at radius 1 is 0.579 bits per heavy atom. The van der Waals surface area contributed by atoms with E-state index in [1.807, 2.05) is 0 Å². The Labute approximate surface area is 214 Å². The van der Waals surface area contributed by atoms with Crippen LogP contribution in [0.25, 0.3) is 32.7 Å². The third kappa shape index (κ3) is 3.13. The lowest BCUT2D eigenvalue weighted by Gasteiger charge is -2.26. The third-order valence-electron chi connectivity index (χ3n) is 7.05. The molecule has 2 aliphatic rings. The van der Waals surface area contributed by atoms with Crippen molar-refractivity contribution in [1.29, 1.82) is 0 Å². The maximum absolute atomic E-state index is 12.7. The highest BCUT2D eigenvalue weighted by Gasteiger charge is 2.34. The summed E-state index contributed by atoms with van der Waals surface area (Å²) in [6.45, 7) is 3.35. The van der Waals surface area contributed by atoms with Crippen LogP contribution in [0.4, 0.5) is 0 Å². The Morgan fingerprint density at radius 2 is 0.947 bits per heavy atom. The molecule has 0 aliphatic carbocycles. The summed E-state index contributed by atoms with van der Waals surface area (Å²) in [6, 6.07) is 4.62. The van der Waals surface area contributed by atoms with Crippen LogP contribution in [0, 0.1) is 0 Å². The van der Waals surface area contributed by atoms with E-state index in [1.165, 1.54) is 12.1 Å². The second-order valence-corrected chi connectivity index (χ2v) is 9.73. The molecule has 10 heteroatoms. The molecule has 6 N–H and O–H groups in total. The van der Waals surface area contributed by atoms with E-state index in [4.69, 9.17) is 9.47 Å². The van der Waals surface area contributed by atoms with Gasteiger partial charge in [-0.15, -0.1) is 0 Å². The van der Waals surface area contributed by atoms with Crippen LogP contribution in [0.5, 0.6) is 46.0 Å². The predicted molar refractivity (Wildman–Crippen MR) is 135 cm³/mol. The minimum atomic E-state index is -0.557. The van der Waals surface area contributed by atoms with Gasteiger partial charge in [-0.25, -0.2) is 0 Å². The van der Waals surface area contributed by atoms with Crippen LogP contribution in [-0.4, -0.2) is 54.4 Å². The second kappa shape index (κ2) is 7.82. The number of ketones is 2. The van der Waals surface area contributed by atoms with Gasteiger partial charge < -0.3 is 40.1 Å².